The van der Waals surface area contributed by atoms with Crippen LogP contribution in [0.25, 0.3) is 0 Å². The van der Waals surface area contributed by atoms with Crippen LogP contribution in [0.15, 0.2) is 107 Å². The van der Waals surface area contributed by atoms with Gasteiger partial charge in [-0.2, -0.15) is 0 Å². The summed E-state index contributed by atoms with van der Waals surface area (Å²) < 4.78 is 5.83. The number of ether oxygens (including phenoxy) is 1. The van der Waals surface area contributed by atoms with Gasteiger partial charge in [0.25, 0.3) is 0 Å². The first-order valence-electron chi connectivity index (χ1n) is 13.4. The highest BCUT2D eigenvalue weighted by atomic mass is 35.5. The quantitative estimate of drug-likeness (QED) is 0.152. The first-order valence-corrected chi connectivity index (χ1v) is 16.1. The largest absolute Gasteiger partial charge is 0.452 e. The Morgan fingerprint density at radius 1 is 1.05 bits per heavy atom. The third-order valence-electron chi connectivity index (χ3n) is 6.69. The Morgan fingerprint density at radius 2 is 1.70 bits per heavy atom. The number of amides is 2. The number of allylic oxidation sites excluding steroid dienone is 1. The zero-order valence-corrected chi connectivity index (χ0v) is 26.6. The molecule has 0 radical (unpaired) electrons. The van der Waals surface area contributed by atoms with E-state index in [1.807, 2.05) is 98.0 Å². The fourth-order valence-corrected chi connectivity index (χ4v) is 7.69. The third-order valence-corrected chi connectivity index (χ3v) is 10.1. The number of fused-ring (bicyclic) bond motifs is 1. The molecule has 2 aliphatic rings. The van der Waals surface area contributed by atoms with Gasteiger partial charge >= 0.3 is 5.97 Å². The number of β-lactam (4-membered cyclic amide) rings is 1. The Labute approximate surface area is 269 Å². The summed E-state index contributed by atoms with van der Waals surface area (Å²) >= 11 is 15.3. The second kappa shape index (κ2) is 13.9. The van der Waals surface area contributed by atoms with Crippen molar-refractivity contribution >= 4 is 64.5 Å². The lowest BCUT2D eigenvalue weighted by molar-refractivity contribution is -0.149. The molecular formula is C32H29Cl2N3O4S2. The highest BCUT2D eigenvalue weighted by Gasteiger charge is 2.52. The van der Waals surface area contributed by atoms with Crippen molar-refractivity contribution in [2.75, 3.05) is 19.8 Å². The molecule has 11 heteroatoms. The van der Waals surface area contributed by atoms with Crippen LogP contribution in [0.5, 0.6) is 0 Å². The highest BCUT2D eigenvalue weighted by Crippen LogP contribution is 2.47. The Hall–Kier alpha value is -3.37. The van der Waals surface area contributed by atoms with Crippen molar-refractivity contribution < 1.29 is 19.1 Å². The fraction of sp³-hybridized carbons (Fsp3) is 0.219. The molecule has 3 aromatic rings. The number of carbonyl (C=O) groups excluding carboxylic acids is 3. The number of hydrogen-bond acceptors (Lipinski definition) is 7. The summed E-state index contributed by atoms with van der Waals surface area (Å²) in [6.45, 7) is 0. The minimum atomic E-state index is -0.675. The van der Waals surface area contributed by atoms with Crippen LogP contribution in [0.4, 0.5) is 0 Å². The molecule has 1 saturated heterocycles. The second-order valence-corrected chi connectivity index (χ2v) is 13.2. The SMILES string of the molecule is CN(C)C=CC1=C(NC(=O)CC(=O)OC(c2ccccc2)c2ccccc2)N2C(=O)C(Sc3ccc(Cl)c(Cl)c3)C2SC1. The molecule has 43 heavy (non-hydrogen) atoms. The van der Waals surface area contributed by atoms with Gasteiger partial charge in [-0.25, -0.2) is 0 Å². The summed E-state index contributed by atoms with van der Waals surface area (Å²) in [5.41, 5.74) is 2.37. The van der Waals surface area contributed by atoms with Gasteiger partial charge in [0.2, 0.25) is 11.8 Å². The van der Waals surface area contributed by atoms with Crippen molar-refractivity contribution in [1.29, 1.82) is 0 Å². The molecular weight excluding hydrogens is 625 g/mol. The van der Waals surface area contributed by atoms with E-state index in [0.717, 1.165) is 21.6 Å². The monoisotopic (exact) mass is 653 g/mol. The minimum Gasteiger partial charge on any atom is -0.452 e. The van der Waals surface area contributed by atoms with E-state index in [1.54, 1.807) is 28.8 Å². The van der Waals surface area contributed by atoms with Gasteiger partial charge in [0.15, 0.2) is 6.10 Å². The number of carbonyl (C=O) groups is 3. The molecule has 2 aliphatic heterocycles. The van der Waals surface area contributed by atoms with Crippen LogP contribution in [0, 0.1) is 0 Å². The number of thioether (sulfide) groups is 2. The third kappa shape index (κ3) is 7.41. The number of esters is 1. The summed E-state index contributed by atoms with van der Waals surface area (Å²) in [5.74, 6) is -0.421. The normalized spacial score (nSPS) is 18.0. The Kier molecular flexibility index (Phi) is 10.1. The van der Waals surface area contributed by atoms with E-state index in [1.165, 1.54) is 11.8 Å². The van der Waals surface area contributed by atoms with E-state index < -0.39 is 24.4 Å². The molecule has 5 rings (SSSR count). The van der Waals surface area contributed by atoms with Crippen LogP contribution in [0.1, 0.15) is 23.7 Å². The lowest BCUT2D eigenvalue weighted by Gasteiger charge is -2.49. The maximum Gasteiger partial charge on any atom is 0.316 e. The van der Waals surface area contributed by atoms with Gasteiger partial charge in [0, 0.05) is 30.3 Å². The van der Waals surface area contributed by atoms with Crippen LogP contribution in [-0.2, 0) is 19.1 Å². The number of halogens is 2. The molecule has 222 valence electrons. The summed E-state index contributed by atoms with van der Waals surface area (Å²) in [6, 6.07) is 24.0. The van der Waals surface area contributed by atoms with Crippen molar-refractivity contribution in [2.24, 2.45) is 0 Å². The zero-order valence-electron chi connectivity index (χ0n) is 23.4. The smallest absolute Gasteiger partial charge is 0.316 e. The van der Waals surface area contributed by atoms with Crippen molar-refractivity contribution in [1.82, 2.24) is 15.1 Å². The lowest BCUT2D eigenvalue weighted by atomic mass is 10.0. The van der Waals surface area contributed by atoms with Gasteiger partial charge in [-0.05, 0) is 41.6 Å². The summed E-state index contributed by atoms with van der Waals surface area (Å²) in [4.78, 5) is 44.0. The lowest BCUT2D eigenvalue weighted by Crippen LogP contribution is -2.64. The molecule has 0 spiro atoms. The number of hydrogen-bond donors (Lipinski definition) is 1. The van der Waals surface area contributed by atoms with E-state index in [9.17, 15) is 14.4 Å². The summed E-state index contributed by atoms with van der Waals surface area (Å²) in [5, 5.41) is 3.15. The van der Waals surface area contributed by atoms with E-state index in [0.29, 0.717) is 21.6 Å². The zero-order chi connectivity index (χ0) is 30.5. The molecule has 0 aliphatic carbocycles. The van der Waals surface area contributed by atoms with E-state index >= 15 is 0 Å². The molecule has 2 atom stereocenters. The number of nitrogens with zero attached hydrogens (tertiary/aromatic N) is 2. The number of nitrogens with one attached hydrogen (secondary N) is 1. The van der Waals surface area contributed by atoms with Crippen molar-refractivity contribution in [3.63, 3.8) is 0 Å². The first kappa shape index (κ1) is 31.1. The highest BCUT2D eigenvalue weighted by molar-refractivity contribution is 8.04. The number of rotatable bonds is 10. The Balaban J connectivity index is 1.31. The van der Waals surface area contributed by atoms with E-state index in [2.05, 4.69) is 5.32 Å². The second-order valence-electron chi connectivity index (χ2n) is 10.1. The molecule has 0 saturated carbocycles. The van der Waals surface area contributed by atoms with Gasteiger partial charge in [-0.1, -0.05) is 83.9 Å². The molecule has 2 amide bonds. The van der Waals surface area contributed by atoms with Crippen molar-refractivity contribution in [3.8, 4) is 0 Å². The van der Waals surface area contributed by atoms with Gasteiger partial charge in [-0.15, -0.1) is 23.5 Å². The van der Waals surface area contributed by atoms with E-state index in [-0.39, 0.29) is 16.5 Å². The molecule has 3 aromatic carbocycles. The van der Waals surface area contributed by atoms with Gasteiger partial charge < -0.3 is 15.0 Å². The predicted octanol–water partition coefficient (Wildman–Crippen LogP) is 6.50. The molecule has 0 bridgehead atoms. The molecule has 2 unspecified atom stereocenters. The standard InChI is InChI=1S/C32H29Cl2N3O4S2/c1-36(2)16-15-22-19-42-32-29(43-23-13-14-24(33)25(34)17-23)31(40)37(32)30(22)35-26(38)18-27(39)41-28(20-9-5-3-6-10-20)21-11-7-4-8-12-21/h3-17,28-29,32H,18-19H2,1-2H3,(H,35,38). The summed E-state index contributed by atoms with van der Waals surface area (Å²) in [7, 11) is 3.78. The van der Waals surface area contributed by atoms with Gasteiger partial charge in [-0.3, -0.25) is 19.3 Å². The molecule has 0 aromatic heterocycles. The fourth-order valence-electron chi connectivity index (χ4n) is 4.61. The van der Waals surface area contributed by atoms with Crippen molar-refractivity contribution in [2.45, 2.75) is 28.0 Å². The average molecular weight is 655 g/mol. The first-order chi connectivity index (χ1) is 20.7. The maximum atomic E-state index is 13.4. The Morgan fingerprint density at radius 3 is 2.30 bits per heavy atom. The molecule has 1 fully saturated rings. The van der Waals surface area contributed by atoms with Crippen LogP contribution < -0.4 is 5.32 Å². The van der Waals surface area contributed by atoms with Crippen LogP contribution >= 0.6 is 46.7 Å². The Bertz CT molecular complexity index is 1530. The van der Waals surface area contributed by atoms with Crippen molar-refractivity contribution in [3.05, 3.63) is 124 Å². The van der Waals surface area contributed by atoms with Crippen LogP contribution in [0.3, 0.4) is 0 Å². The maximum absolute atomic E-state index is 13.4. The topological polar surface area (TPSA) is 79.0 Å². The van der Waals surface area contributed by atoms with Crippen LogP contribution in [0.2, 0.25) is 10.0 Å². The predicted molar refractivity (Wildman–Crippen MR) is 173 cm³/mol. The van der Waals surface area contributed by atoms with Gasteiger partial charge in [0.1, 0.15) is 22.9 Å². The molecule has 1 N–H and O–H groups in total. The molecule has 7 nitrogen and oxygen atoms in total. The van der Waals surface area contributed by atoms with Crippen LogP contribution in [-0.4, -0.2) is 58.1 Å². The van der Waals surface area contributed by atoms with Gasteiger partial charge in [0.05, 0.1) is 10.0 Å². The summed E-state index contributed by atoms with van der Waals surface area (Å²) in [6.07, 6.45) is 2.55. The number of benzene rings is 3. The molecule has 2 heterocycles. The minimum absolute atomic E-state index is 0.143. The van der Waals surface area contributed by atoms with E-state index in [4.69, 9.17) is 27.9 Å². The average Bonchev–Trinajstić information content (AvgIpc) is 3.00.